The molecule has 2 rings (SSSR count). The molecule has 6 nitrogen and oxygen atoms in total. The van der Waals surface area contributed by atoms with Crippen LogP contribution in [0.3, 0.4) is 0 Å². The fourth-order valence-corrected chi connectivity index (χ4v) is 2.60. The Morgan fingerprint density at radius 1 is 1.19 bits per heavy atom. The van der Waals surface area contributed by atoms with Crippen molar-refractivity contribution < 1.29 is 32.3 Å². The largest absolute Gasteiger partial charge is 0.451 e. The molecule has 1 aromatic carbocycles. The first-order valence-corrected chi connectivity index (χ1v) is 8.54. The van der Waals surface area contributed by atoms with E-state index in [2.05, 4.69) is 10.6 Å². The van der Waals surface area contributed by atoms with Crippen LogP contribution in [-0.2, 0) is 20.5 Å². The van der Waals surface area contributed by atoms with Crippen LogP contribution in [0.5, 0.6) is 0 Å². The van der Waals surface area contributed by atoms with Gasteiger partial charge in [-0.25, -0.2) is 0 Å². The lowest BCUT2D eigenvalue weighted by atomic mass is 10.2. The van der Waals surface area contributed by atoms with E-state index in [4.69, 9.17) is 4.74 Å². The smallest absolute Gasteiger partial charge is 0.416 e. The van der Waals surface area contributed by atoms with Crippen LogP contribution < -0.4 is 10.6 Å². The van der Waals surface area contributed by atoms with Gasteiger partial charge in [-0.2, -0.15) is 13.2 Å². The number of esters is 1. The quantitative estimate of drug-likeness (QED) is 0.730. The van der Waals surface area contributed by atoms with Gasteiger partial charge in [0.05, 0.1) is 10.4 Å². The van der Waals surface area contributed by atoms with Crippen LogP contribution in [0, 0.1) is 0 Å². The first-order valence-electron chi connectivity index (χ1n) is 7.66. The van der Waals surface area contributed by atoms with Gasteiger partial charge in [0.2, 0.25) is 0 Å². The average Bonchev–Trinajstić information content (AvgIpc) is 3.13. The van der Waals surface area contributed by atoms with E-state index in [1.165, 1.54) is 24.3 Å². The minimum absolute atomic E-state index is 0.0799. The molecule has 0 spiro atoms. The van der Waals surface area contributed by atoms with E-state index in [9.17, 15) is 27.6 Å². The maximum atomic E-state index is 12.7. The van der Waals surface area contributed by atoms with E-state index < -0.39 is 42.2 Å². The first kappa shape index (κ1) is 20.4. The van der Waals surface area contributed by atoms with Crippen molar-refractivity contribution in [3.8, 4) is 0 Å². The van der Waals surface area contributed by atoms with Crippen LogP contribution in [0.4, 0.5) is 18.9 Å². The Morgan fingerprint density at radius 3 is 2.56 bits per heavy atom. The first-order chi connectivity index (χ1) is 12.7. The molecule has 2 N–H and O–H groups in total. The SMILES string of the molecule is C[C@@H](OC(=O)CNC(=O)c1cccs1)C(=O)Nc1cccc(C(F)(F)F)c1. The number of ether oxygens (including phenoxy) is 1. The molecular formula is C17H15F3N2O4S. The minimum atomic E-state index is -4.54. The molecule has 0 saturated carbocycles. The van der Waals surface area contributed by atoms with E-state index in [1.807, 2.05) is 0 Å². The number of carbonyl (C=O) groups excluding carboxylic acids is 3. The summed E-state index contributed by atoms with van der Waals surface area (Å²) in [5.41, 5.74) is -0.995. The molecular weight excluding hydrogens is 385 g/mol. The lowest BCUT2D eigenvalue weighted by molar-refractivity contribution is -0.152. The van der Waals surface area contributed by atoms with Crippen molar-refractivity contribution in [3.05, 3.63) is 52.2 Å². The van der Waals surface area contributed by atoms with Crippen LogP contribution in [0.2, 0.25) is 0 Å². The number of hydrogen-bond acceptors (Lipinski definition) is 5. The second-order valence-electron chi connectivity index (χ2n) is 5.36. The standard InChI is InChI=1S/C17H15F3N2O4S/c1-10(26-14(23)9-21-16(25)13-6-3-7-27-13)15(24)22-12-5-2-4-11(8-12)17(18,19)20/h2-8,10H,9H2,1H3,(H,21,25)(H,22,24)/t10-/m1/s1. The number of carbonyl (C=O) groups is 3. The van der Waals surface area contributed by atoms with E-state index >= 15 is 0 Å². The van der Waals surface area contributed by atoms with E-state index in [0.29, 0.717) is 4.88 Å². The summed E-state index contributed by atoms with van der Waals surface area (Å²) in [4.78, 5) is 35.8. The van der Waals surface area contributed by atoms with E-state index in [1.54, 1.807) is 17.5 Å². The number of amides is 2. The highest BCUT2D eigenvalue weighted by atomic mass is 32.1. The lowest BCUT2D eigenvalue weighted by Gasteiger charge is -2.14. The molecule has 0 bridgehead atoms. The van der Waals surface area contributed by atoms with Crippen LogP contribution in [-0.4, -0.2) is 30.4 Å². The van der Waals surface area contributed by atoms with Gasteiger partial charge >= 0.3 is 12.1 Å². The number of nitrogens with one attached hydrogen (secondary N) is 2. The average molecular weight is 400 g/mol. The molecule has 0 saturated heterocycles. The predicted molar refractivity (Wildman–Crippen MR) is 92.3 cm³/mol. The third-order valence-corrected chi connectivity index (χ3v) is 4.14. The maximum Gasteiger partial charge on any atom is 0.416 e. The summed E-state index contributed by atoms with van der Waals surface area (Å²) >= 11 is 1.20. The van der Waals surface area contributed by atoms with Crippen molar-refractivity contribution in [1.29, 1.82) is 0 Å². The van der Waals surface area contributed by atoms with Crippen LogP contribution in [0.25, 0.3) is 0 Å². The third kappa shape index (κ3) is 6.10. The van der Waals surface area contributed by atoms with Gasteiger partial charge in [0.1, 0.15) is 6.54 Å². The lowest BCUT2D eigenvalue weighted by Crippen LogP contribution is -2.35. The van der Waals surface area contributed by atoms with E-state index in [-0.39, 0.29) is 5.69 Å². The Labute approximate surface area is 156 Å². The van der Waals surface area contributed by atoms with Gasteiger partial charge in [-0.3, -0.25) is 14.4 Å². The van der Waals surface area contributed by atoms with Crippen molar-refractivity contribution >= 4 is 34.8 Å². The molecule has 1 heterocycles. The topological polar surface area (TPSA) is 84.5 Å². The predicted octanol–water partition coefficient (Wildman–Crippen LogP) is 3.07. The number of anilines is 1. The highest BCUT2D eigenvalue weighted by Gasteiger charge is 2.30. The van der Waals surface area contributed by atoms with Gasteiger partial charge in [-0.15, -0.1) is 11.3 Å². The molecule has 0 aliphatic carbocycles. The number of rotatable bonds is 6. The Hall–Kier alpha value is -2.88. The van der Waals surface area contributed by atoms with Crippen LogP contribution in [0.1, 0.15) is 22.2 Å². The molecule has 0 radical (unpaired) electrons. The molecule has 0 unspecified atom stereocenters. The maximum absolute atomic E-state index is 12.7. The highest BCUT2D eigenvalue weighted by molar-refractivity contribution is 7.12. The Morgan fingerprint density at radius 2 is 1.93 bits per heavy atom. The fraction of sp³-hybridized carbons (Fsp3) is 0.235. The normalized spacial score (nSPS) is 12.1. The van der Waals surface area contributed by atoms with Gasteiger partial charge in [-0.1, -0.05) is 12.1 Å². The van der Waals surface area contributed by atoms with Gasteiger partial charge in [0, 0.05) is 5.69 Å². The summed E-state index contributed by atoms with van der Waals surface area (Å²) in [6, 6.07) is 7.33. The summed E-state index contributed by atoms with van der Waals surface area (Å²) in [5.74, 6) is -2.11. The summed E-state index contributed by atoms with van der Waals surface area (Å²) in [5, 5.41) is 6.29. The van der Waals surface area contributed by atoms with Gasteiger partial charge in [0.25, 0.3) is 11.8 Å². The summed E-state index contributed by atoms with van der Waals surface area (Å²) in [7, 11) is 0. The summed E-state index contributed by atoms with van der Waals surface area (Å²) in [6.07, 6.45) is -5.80. The molecule has 0 fully saturated rings. The minimum Gasteiger partial charge on any atom is -0.451 e. The van der Waals surface area contributed by atoms with Crippen molar-refractivity contribution in [2.45, 2.75) is 19.2 Å². The van der Waals surface area contributed by atoms with Gasteiger partial charge in [0.15, 0.2) is 6.10 Å². The molecule has 0 aliphatic rings. The molecule has 144 valence electrons. The zero-order chi connectivity index (χ0) is 20.0. The fourth-order valence-electron chi connectivity index (χ4n) is 1.96. The van der Waals surface area contributed by atoms with Gasteiger partial charge in [-0.05, 0) is 36.6 Å². The molecule has 27 heavy (non-hydrogen) atoms. The van der Waals surface area contributed by atoms with Crippen LogP contribution >= 0.6 is 11.3 Å². The summed E-state index contributed by atoms with van der Waals surface area (Å²) < 4.78 is 42.9. The zero-order valence-corrected chi connectivity index (χ0v) is 14.8. The number of thiophene rings is 1. The second-order valence-corrected chi connectivity index (χ2v) is 6.31. The van der Waals surface area contributed by atoms with E-state index in [0.717, 1.165) is 18.2 Å². The molecule has 1 atom stereocenters. The monoisotopic (exact) mass is 400 g/mol. The number of hydrogen-bond donors (Lipinski definition) is 2. The molecule has 2 aromatic rings. The zero-order valence-electron chi connectivity index (χ0n) is 14.0. The van der Waals surface area contributed by atoms with Crippen molar-refractivity contribution in [1.82, 2.24) is 5.32 Å². The Bertz CT molecular complexity index is 822. The van der Waals surface area contributed by atoms with Crippen molar-refractivity contribution in [2.75, 3.05) is 11.9 Å². The van der Waals surface area contributed by atoms with Crippen molar-refractivity contribution in [2.24, 2.45) is 0 Å². The third-order valence-electron chi connectivity index (χ3n) is 3.27. The molecule has 10 heteroatoms. The van der Waals surface area contributed by atoms with Crippen LogP contribution in [0.15, 0.2) is 41.8 Å². The Balaban J connectivity index is 1.84. The number of benzene rings is 1. The molecule has 2 amide bonds. The van der Waals surface area contributed by atoms with Gasteiger partial charge < -0.3 is 15.4 Å². The number of alkyl halides is 3. The summed E-state index contributed by atoms with van der Waals surface area (Å²) in [6.45, 7) is 0.819. The highest BCUT2D eigenvalue weighted by Crippen LogP contribution is 2.30. The molecule has 0 aliphatic heterocycles. The second kappa shape index (κ2) is 8.67. The molecule has 1 aromatic heterocycles. The van der Waals surface area contributed by atoms with Crippen molar-refractivity contribution in [3.63, 3.8) is 0 Å². The Kier molecular flexibility index (Phi) is 6.56. The number of halogens is 3.